The number of pyridine rings is 1. The Labute approximate surface area is 122 Å². The Morgan fingerprint density at radius 1 is 1.29 bits per heavy atom. The molecule has 1 aromatic heterocycles. The van der Waals surface area contributed by atoms with Gasteiger partial charge in [-0.1, -0.05) is 0 Å². The molecule has 3 N–H and O–H groups in total. The van der Waals surface area contributed by atoms with E-state index in [1.165, 1.54) is 13.3 Å². The second-order valence-electron chi connectivity index (χ2n) is 4.46. The summed E-state index contributed by atoms with van der Waals surface area (Å²) >= 11 is 0. The van der Waals surface area contributed by atoms with E-state index in [0.29, 0.717) is 5.82 Å². The number of aryl methyl sites for hydroxylation is 1. The van der Waals surface area contributed by atoms with Gasteiger partial charge in [0, 0.05) is 5.69 Å². The number of methoxy groups -OCH3 is 2. The van der Waals surface area contributed by atoms with Crippen LogP contribution < -0.4 is 15.8 Å². The average Bonchev–Trinajstić information content (AvgIpc) is 2.48. The number of carbonyl (C=O) groups excluding carboxylic acids is 1. The molecule has 0 bridgehead atoms. The average molecular weight is 287 g/mol. The fraction of sp³-hybridized carbons (Fsp3) is 0.200. The SMILES string of the molecule is COC(=O)c1cc(Nc2ccc(OC)c(C)c2)ncc1N. The summed E-state index contributed by atoms with van der Waals surface area (Å²) in [6.45, 7) is 1.94. The van der Waals surface area contributed by atoms with Gasteiger partial charge in [0.15, 0.2) is 0 Å². The number of anilines is 3. The maximum absolute atomic E-state index is 11.6. The van der Waals surface area contributed by atoms with E-state index in [2.05, 4.69) is 15.0 Å². The molecule has 0 aliphatic rings. The molecule has 0 fully saturated rings. The second kappa shape index (κ2) is 6.13. The number of nitrogen functional groups attached to an aromatic ring is 1. The molecule has 0 aliphatic heterocycles. The van der Waals surface area contributed by atoms with Crippen LogP contribution >= 0.6 is 0 Å². The van der Waals surface area contributed by atoms with Crippen molar-refractivity contribution in [3.63, 3.8) is 0 Å². The molecule has 0 saturated heterocycles. The van der Waals surface area contributed by atoms with Gasteiger partial charge in [0.1, 0.15) is 11.6 Å². The fourth-order valence-corrected chi connectivity index (χ4v) is 1.93. The Bertz CT molecular complexity index is 671. The highest BCUT2D eigenvalue weighted by molar-refractivity contribution is 5.95. The van der Waals surface area contributed by atoms with E-state index in [0.717, 1.165) is 17.0 Å². The monoisotopic (exact) mass is 287 g/mol. The van der Waals surface area contributed by atoms with Crippen LogP contribution in [0, 0.1) is 6.92 Å². The van der Waals surface area contributed by atoms with Crippen molar-refractivity contribution in [2.45, 2.75) is 6.92 Å². The maximum Gasteiger partial charge on any atom is 0.340 e. The predicted octanol–water partition coefficient (Wildman–Crippen LogP) is 2.51. The minimum absolute atomic E-state index is 0.276. The summed E-state index contributed by atoms with van der Waals surface area (Å²) in [5.74, 6) is 0.819. The van der Waals surface area contributed by atoms with Crippen molar-refractivity contribution < 1.29 is 14.3 Å². The standard InChI is InChI=1S/C15H17N3O3/c1-9-6-10(4-5-13(9)20-2)18-14-7-11(15(19)21-3)12(16)8-17-14/h4-8H,16H2,1-3H3,(H,17,18). The van der Waals surface area contributed by atoms with Crippen LogP contribution in [0.3, 0.4) is 0 Å². The van der Waals surface area contributed by atoms with Crippen molar-refractivity contribution in [1.82, 2.24) is 4.98 Å². The largest absolute Gasteiger partial charge is 0.496 e. The third kappa shape index (κ3) is 3.22. The van der Waals surface area contributed by atoms with Crippen LogP contribution in [0.15, 0.2) is 30.5 Å². The van der Waals surface area contributed by atoms with Crippen molar-refractivity contribution in [2.75, 3.05) is 25.3 Å². The van der Waals surface area contributed by atoms with Crippen LogP contribution in [-0.4, -0.2) is 25.2 Å². The van der Waals surface area contributed by atoms with Crippen molar-refractivity contribution in [3.8, 4) is 5.75 Å². The minimum Gasteiger partial charge on any atom is -0.496 e. The van der Waals surface area contributed by atoms with Gasteiger partial charge in [0.25, 0.3) is 0 Å². The Balaban J connectivity index is 2.27. The lowest BCUT2D eigenvalue weighted by Gasteiger charge is -2.11. The van der Waals surface area contributed by atoms with Gasteiger partial charge >= 0.3 is 5.97 Å². The molecule has 110 valence electrons. The highest BCUT2D eigenvalue weighted by atomic mass is 16.5. The Morgan fingerprint density at radius 3 is 2.67 bits per heavy atom. The zero-order chi connectivity index (χ0) is 15.4. The zero-order valence-corrected chi connectivity index (χ0v) is 12.1. The molecule has 2 rings (SSSR count). The number of rotatable bonds is 4. The van der Waals surface area contributed by atoms with E-state index in [-0.39, 0.29) is 11.3 Å². The van der Waals surface area contributed by atoms with Crippen molar-refractivity contribution in [2.24, 2.45) is 0 Å². The molecule has 1 heterocycles. The van der Waals surface area contributed by atoms with Gasteiger partial charge < -0.3 is 20.5 Å². The first-order valence-electron chi connectivity index (χ1n) is 6.30. The zero-order valence-electron chi connectivity index (χ0n) is 12.1. The molecular formula is C15H17N3O3. The summed E-state index contributed by atoms with van der Waals surface area (Å²) in [7, 11) is 2.93. The van der Waals surface area contributed by atoms with Gasteiger partial charge in [-0.3, -0.25) is 0 Å². The van der Waals surface area contributed by atoms with Crippen LogP contribution in [0.25, 0.3) is 0 Å². The van der Waals surface area contributed by atoms with Crippen molar-refractivity contribution in [1.29, 1.82) is 0 Å². The van der Waals surface area contributed by atoms with Crippen molar-refractivity contribution >= 4 is 23.2 Å². The number of hydrogen-bond donors (Lipinski definition) is 2. The molecule has 6 nitrogen and oxygen atoms in total. The normalized spacial score (nSPS) is 10.0. The number of hydrogen-bond acceptors (Lipinski definition) is 6. The number of aromatic nitrogens is 1. The molecule has 21 heavy (non-hydrogen) atoms. The first-order chi connectivity index (χ1) is 10.0. The molecular weight excluding hydrogens is 270 g/mol. The summed E-state index contributed by atoms with van der Waals surface area (Å²) in [6, 6.07) is 7.20. The van der Waals surface area contributed by atoms with E-state index in [4.69, 9.17) is 10.5 Å². The van der Waals surface area contributed by atoms with Gasteiger partial charge in [0.05, 0.1) is 31.7 Å². The van der Waals surface area contributed by atoms with Gasteiger partial charge in [0.2, 0.25) is 0 Å². The number of benzene rings is 1. The summed E-state index contributed by atoms with van der Waals surface area (Å²) < 4.78 is 9.89. The van der Waals surface area contributed by atoms with Gasteiger partial charge in [-0.2, -0.15) is 0 Å². The van der Waals surface area contributed by atoms with Crippen LogP contribution in [0.4, 0.5) is 17.2 Å². The molecule has 1 aromatic carbocycles. The maximum atomic E-state index is 11.6. The smallest absolute Gasteiger partial charge is 0.340 e. The molecule has 0 unspecified atom stereocenters. The Morgan fingerprint density at radius 2 is 2.05 bits per heavy atom. The number of nitrogens with two attached hydrogens (primary N) is 1. The quantitative estimate of drug-likeness (QED) is 0.840. The summed E-state index contributed by atoms with van der Waals surface area (Å²) in [5, 5.41) is 3.11. The van der Waals surface area contributed by atoms with Crippen LogP contribution in [0.2, 0.25) is 0 Å². The lowest BCUT2D eigenvalue weighted by atomic mass is 10.2. The molecule has 0 amide bonds. The molecule has 2 aromatic rings. The molecule has 0 aliphatic carbocycles. The molecule has 6 heteroatoms. The van der Waals surface area contributed by atoms with Gasteiger partial charge in [-0.25, -0.2) is 9.78 Å². The topological polar surface area (TPSA) is 86.5 Å². The number of nitrogens with zero attached hydrogens (tertiary/aromatic N) is 1. The first kappa shape index (κ1) is 14.6. The van der Waals surface area contributed by atoms with E-state index < -0.39 is 5.97 Å². The minimum atomic E-state index is -0.496. The molecule has 0 saturated carbocycles. The summed E-state index contributed by atoms with van der Waals surface area (Å²) in [5.41, 5.74) is 8.09. The number of ether oxygens (including phenoxy) is 2. The highest BCUT2D eigenvalue weighted by Gasteiger charge is 2.12. The number of esters is 1. The highest BCUT2D eigenvalue weighted by Crippen LogP contribution is 2.24. The lowest BCUT2D eigenvalue weighted by Crippen LogP contribution is -2.07. The van der Waals surface area contributed by atoms with E-state index in [1.807, 2.05) is 25.1 Å². The van der Waals surface area contributed by atoms with Gasteiger partial charge in [-0.15, -0.1) is 0 Å². The predicted molar refractivity (Wildman–Crippen MR) is 81.0 cm³/mol. The molecule has 0 atom stereocenters. The van der Waals surface area contributed by atoms with Crippen LogP contribution in [-0.2, 0) is 4.74 Å². The number of nitrogens with one attached hydrogen (secondary N) is 1. The van der Waals surface area contributed by atoms with Crippen LogP contribution in [0.1, 0.15) is 15.9 Å². The van der Waals surface area contributed by atoms with Crippen LogP contribution in [0.5, 0.6) is 5.75 Å². The second-order valence-corrected chi connectivity index (χ2v) is 4.46. The third-order valence-corrected chi connectivity index (χ3v) is 3.01. The summed E-state index contributed by atoms with van der Waals surface area (Å²) in [6.07, 6.45) is 1.42. The Kier molecular flexibility index (Phi) is 4.27. The van der Waals surface area contributed by atoms with Gasteiger partial charge in [-0.05, 0) is 36.8 Å². The van der Waals surface area contributed by atoms with E-state index in [1.54, 1.807) is 13.2 Å². The molecule has 0 spiro atoms. The summed E-state index contributed by atoms with van der Waals surface area (Å²) in [4.78, 5) is 15.8. The lowest BCUT2D eigenvalue weighted by molar-refractivity contribution is 0.0602. The Hall–Kier alpha value is -2.76. The molecule has 0 radical (unpaired) electrons. The van der Waals surface area contributed by atoms with E-state index >= 15 is 0 Å². The number of carbonyl (C=O) groups is 1. The fourth-order valence-electron chi connectivity index (χ4n) is 1.93. The van der Waals surface area contributed by atoms with E-state index in [9.17, 15) is 4.79 Å². The third-order valence-electron chi connectivity index (χ3n) is 3.01. The first-order valence-corrected chi connectivity index (χ1v) is 6.30. The van der Waals surface area contributed by atoms with Crippen molar-refractivity contribution in [3.05, 3.63) is 41.6 Å².